The van der Waals surface area contributed by atoms with Crippen molar-refractivity contribution in [2.75, 3.05) is 43.9 Å². The third-order valence-corrected chi connectivity index (χ3v) is 6.71. The summed E-state index contributed by atoms with van der Waals surface area (Å²) in [4.78, 5) is 24.8. The number of alkyl halides is 3. The zero-order chi connectivity index (χ0) is 24.3. The van der Waals surface area contributed by atoms with Crippen molar-refractivity contribution in [1.29, 1.82) is 0 Å². The lowest BCUT2D eigenvalue weighted by molar-refractivity contribution is -0.137. The van der Waals surface area contributed by atoms with Crippen molar-refractivity contribution in [3.8, 4) is 0 Å². The molecular formula is C24H31F3N6O. The molecule has 2 aromatic rings. The van der Waals surface area contributed by atoms with Crippen molar-refractivity contribution in [3.63, 3.8) is 0 Å². The molecule has 184 valence electrons. The fourth-order valence-corrected chi connectivity index (χ4v) is 4.48. The topological polar surface area (TPSA) is 73.4 Å². The number of halogens is 3. The molecule has 2 fully saturated rings. The first-order valence-corrected chi connectivity index (χ1v) is 11.8. The van der Waals surface area contributed by atoms with Crippen LogP contribution in [0.2, 0.25) is 0 Å². The molecule has 10 heteroatoms. The minimum Gasteiger partial charge on any atom is -0.366 e. The molecule has 2 aliphatic rings. The van der Waals surface area contributed by atoms with Gasteiger partial charge in [0, 0.05) is 49.7 Å². The molecule has 1 aliphatic carbocycles. The van der Waals surface area contributed by atoms with Crippen molar-refractivity contribution >= 4 is 23.4 Å². The maximum absolute atomic E-state index is 13.6. The highest BCUT2D eigenvalue weighted by molar-refractivity contribution is 5.94. The number of rotatable bonds is 5. The summed E-state index contributed by atoms with van der Waals surface area (Å²) in [6.45, 7) is 5.10. The molecule has 34 heavy (non-hydrogen) atoms. The number of amides is 1. The lowest BCUT2D eigenvalue weighted by atomic mass is 9.86. The van der Waals surface area contributed by atoms with Gasteiger partial charge in [0.05, 0.1) is 0 Å². The van der Waals surface area contributed by atoms with Crippen molar-refractivity contribution in [3.05, 3.63) is 41.6 Å². The highest BCUT2D eigenvalue weighted by Crippen LogP contribution is 2.36. The number of aromatic nitrogens is 2. The molecule has 1 saturated carbocycles. The fraction of sp³-hybridized carbons (Fsp3) is 0.542. The molecule has 2 atom stereocenters. The van der Waals surface area contributed by atoms with Crippen LogP contribution in [0.25, 0.3) is 0 Å². The number of likely N-dealkylation sites (N-methyl/N-ethyl adjacent to an activating group) is 1. The van der Waals surface area contributed by atoms with Crippen LogP contribution in [0.4, 0.5) is 30.6 Å². The Morgan fingerprint density at radius 2 is 1.74 bits per heavy atom. The van der Waals surface area contributed by atoms with Crippen molar-refractivity contribution < 1.29 is 18.0 Å². The Bertz CT molecular complexity index is 989. The Kier molecular flexibility index (Phi) is 7.25. The summed E-state index contributed by atoms with van der Waals surface area (Å²) in [6, 6.07) is 6.77. The van der Waals surface area contributed by atoms with Gasteiger partial charge in [-0.25, -0.2) is 4.98 Å². The normalized spacial score (nSPS) is 21.9. The molecule has 2 unspecified atom stereocenters. The number of carbonyl (C=O) groups is 1. The summed E-state index contributed by atoms with van der Waals surface area (Å²) in [5, 5.41) is 5.99. The number of carbonyl (C=O) groups excluding carboxylic acids is 1. The predicted molar refractivity (Wildman–Crippen MR) is 125 cm³/mol. The van der Waals surface area contributed by atoms with Crippen molar-refractivity contribution in [1.82, 2.24) is 19.8 Å². The third-order valence-electron chi connectivity index (χ3n) is 6.71. The van der Waals surface area contributed by atoms with E-state index in [0.29, 0.717) is 24.3 Å². The second-order valence-corrected chi connectivity index (χ2v) is 9.26. The van der Waals surface area contributed by atoms with E-state index in [9.17, 15) is 18.0 Å². The predicted octanol–water partition coefficient (Wildman–Crippen LogP) is 4.62. The van der Waals surface area contributed by atoms with E-state index in [1.807, 2.05) is 11.9 Å². The highest BCUT2D eigenvalue weighted by atomic mass is 19.4. The van der Waals surface area contributed by atoms with Gasteiger partial charge < -0.3 is 20.4 Å². The molecular weight excluding hydrogens is 445 g/mol. The van der Waals surface area contributed by atoms with Gasteiger partial charge in [-0.3, -0.25) is 4.79 Å². The summed E-state index contributed by atoms with van der Waals surface area (Å²) in [5.41, 5.74) is 0.285. The molecule has 0 bridgehead atoms. The average Bonchev–Trinajstić information content (AvgIpc) is 2.80. The summed E-state index contributed by atoms with van der Waals surface area (Å²) >= 11 is 0. The zero-order valence-electron chi connectivity index (χ0n) is 19.5. The van der Waals surface area contributed by atoms with Crippen LogP contribution in [0, 0.1) is 5.92 Å². The zero-order valence-corrected chi connectivity index (χ0v) is 19.5. The Morgan fingerprint density at radius 3 is 2.38 bits per heavy atom. The quantitative estimate of drug-likeness (QED) is 0.656. The molecule has 0 radical (unpaired) electrons. The van der Waals surface area contributed by atoms with Crippen LogP contribution in [0.3, 0.4) is 0 Å². The maximum Gasteiger partial charge on any atom is 0.421 e. The number of nitrogens with zero attached hydrogens (tertiary/aromatic N) is 4. The molecule has 1 amide bonds. The Morgan fingerprint density at radius 1 is 1.06 bits per heavy atom. The van der Waals surface area contributed by atoms with Gasteiger partial charge in [0.2, 0.25) is 5.95 Å². The molecule has 7 nitrogen and oxygen atoms in total. The third kappa shape index (κ3) is 5.78. The monoisotopic (exact) mass is 476 g/mol. The van der Waals surface area contributed by atoms with Crippen LogP contribution in [0.15, 0.2) is 30.5 Å². The number of benzene rings is 1. The number of piperazine rings is 1. The number of nitrogens with one attached hydrogen (secondary N) is 2. The molecule has 0 spiro atoms. The molecule has 1 aromatic heterocycles. The van der Waals surface area contributed by atoms with Gasteiger partial charge in [-0.05, 0) is 50.1 Å². The van der Waals surface area contributed by atoms with Gasteiger partial charge in [-0.2, -0.15) is 18.2 Å². The first kappa shape index (κ1) is 24.3. The minimum atomic E-state index is -4.55. The lowest BCUT2D eigenvalue weighted by Crippen LogP contribution is -2.47. The minimum absolute atomic E-state index is 0.0291. The fourth-order valence-electron chi connectivity index (χ4n) is 4.48. The highest BCUT2D eigenvalue weighted by Gasteiger charge is 2.36. The average molecular weight is 477 g/mol. The van der Waals surface area contributed by atoms with Gasteiger partial charge in [0.25, 0.3) is 5.91 Å². The van der Waals surface area contributed by atoms with E-state index in [2.05, 4.69) is 32.4 Å². The first-order chi connectivity index (χ1) is 16.2. The summed E-state index contributed by atoms with van der Waals surface area (Å²) in [5.74, 6) is 0.104. The van der Waals surface area contributed by atoms with Crippen LogP contribution in [-0.4, -0.2) is 64.9 Å². The van der Waals surface area contributed by atoms with Gasteiger partial charge in [-0.1, -0.05) is 19.8 Å². The van der Waals surface area contributed by atoms with Crippen molar-refractivity contribution in [2.24, 2.45) is 5.92 Å². The van der Waals surface area contributed by atoms with Gasteiger partial charge in [-0.15, -0.1) is 0 Å². The van der Waals surface area contributed by atoms with Gasteiger partial charge in [0.1, 0.15) is 11.4 Å². The number of hydrogen-bond acceptors (Lipinski definition) is 6. The molecule has 1 aliphatic heterocycles. The van der Waals surface area contributed by atoms with Gasteiger partial charge in [0.15, 0.2) is 0 Å². The number of hydrogen-bond donors (Lipinski definition) is 2. The summed E-state index contributed by atoms with van der Waals surface area (Å²) < 4.78 is 40.7. The summed E-state index contributed by atoms with van der Waals surface area (Å²) in [7, 11) is 2.03. The maximum atomic E-state index is 13.6. The van der Waals surface area contributed by atoms with E-state index in [4.69, 9.17) is 0 Å². The molecule has 1 aromatic carbocycles. The smallest absolute Gasteiger partial charge is 0.366 e. The lowest BCUT2D eigenvalue weighted by Gasteiger charge is -2.32. The Hall–Kier alpha value is -2.88. The molecule has 2 N–H and O–H groups in total. The van der Waals surface area contributed by atoms with E-state index in [-0.39, 0.29) is 29.6 Å². The van der Waals surface area contributed by atoms with Crippen LogP contribution >= 0.6 is 0 Å². The van der Waals surface area contributed by atoms with Gasteiger partial charge >= 0.3 is 6.18 Å². The van der Waals surface area contributed by atoms with Crippen LogP contribution in [0.5, 0.6) is 0 Å². The van der Waals surface area contributed by atoms with E-state index < -0.39 is 11.7 Å². The second-order valence-electron chi connectivity index (χ2n) is 9.26. The van der Waals surface area contributed by atoms with E-state index in [1.54, 1.807) is 24.3 Å². The first-order valence-electron chi connectivity index (χ1n) is 11.8. The molecule has 2 heterocycles. The van der Waals surface area contributed by atoms with Crippen LogP contribution in [0.1, 0.15) is 48.5 Å². The van der Waals surface area contributed by atoms with Crippen LogP contribution < -0.4 is 10.6 Å². The second kappa shape index (κ2) is 10.2. The Labute approximate surface area is 197 Å². The number of anilines is 3. The van der Waals surface area contributed by atoms with E-state index in [0.717, 1.165) is 45.0 Å². The molecule has 1 saturated heterocycles. The van der Waals surface area contributed by atoms with E-state index in [1.165, 1.54) is 0 Å². The largest absolute Gasteiger partial charge is 0.421 e. The van der Waals surface area contributed by atoms with Crippen LogP contribution in [-0.2, 0) is 6.18 Å². The van der Waals surface area contributed by atoms with E-state index >= 15 is 0 Å². The molecule has 4 rings (SSSR count). The summed E-state index contributed by atoms with van der Waals surface area (Å²) in [6.07, 6.45) is 0.136. The Balaban J connectivity index is 1.48. The van der Waals surface area contributed by atoms with Crippen molar-refractivity contribution in [2.45, 2.75) is 44.8 Å². The standard InChI is InChI=1S/C24H31F3N6O/c1-16-5-3-4-6-20(16)30-21-19(24(25,26)27)15-28-23(31-21)29-18-9-7-17(8-10-18)22(34)33-13-11-32(2)12-14-33/h7-10,15-16,20H,3-6,11-14H2,1-2H3,(H2,28,29,30,31). The SMILES string of the molecule is CC1CCCCC1Nc1nc(Nc2ccc(C(=O)N3CCN(C)CC3)cc2)ncc1C(F)(F)F.